The number of nitrogens with one attached hydrogen (secondary N) is 1. The third-order valence-corrected chi connectivity index (χ3v) is 4.07. The molecule has 1 heterocycles. The molecule has 0 unspecified atom stereocenters. The highest BCUT2D eigenvalue weighted by Crippen LogP contribution is 2.41. The molecule has 1 aliphatic rings. The van der Waals surface area contributed by atoms with E-state index in [1.165, 1.54) is 11.1 Å². The van der Waals surface area contributed by atoms with Gasteiger partial charge in [-0.1, -0.05) is 17.7 Å². The second kappa shape index (κ2) is 5.28. The monoisotopic (exact) mass is 253 g/mol. The molecule has 2 nitrogen and oxygen atoms in total. The van der Waals surface area contributed by atoms with Crippen molar-refractivity contribution < 1.29 is 4.74 Å². The lowest BCUT2D eigenvalue weighted by molar-refractivity contribution is 0.390. The number of methoxy groups -OCH3 is 1. The highest BCUT2D eigenvalue weighted by molar-refractivity contribution is 6.33. The topological polar surface area (TPSA) is 21.3 Å². The van der Waals surface area contributed by atoms with Gasteiger partial charge < -0.3 is 10.1 Å². The molecule has 17 heavy (non-hydrogen) atoms. The van der Waals surface area contributed by atoms with E-state index >= 15 is 0 Å². The molecule has 1 fully saturated rings. The number of hydrogen-bond acceptors (Lipinski definition) is 2. The fraction of sp³-hybridized carbons (Fsp3) is 0.571. The molecule has 0 amide bonds. The minimum Gasteiger partial charge on any atom is -0.495 e. The van der Waals surface area contributed by atoms with Crippen LogP contribution in [0.1, 0.15) is 35.4 Å². The Bertz CT molecular complexity index is 411. The molecule has 0 aromatic heterocycles. The van der Waals surface area contributed by atoms with Gasteiger partial charge in [0, 0.05) is 5.56 Å². The molecule has 1 aromatic rings. The van der Waals surface area contributed by atoms with E-state index in [9.17, 15) is 0 Å². The first-order valence-corrected chi connectivity index (χ1v) is 6.57. The summed E-state index contributed by atoms with van der Waals surface area (Å²) < 4.78 is 5.54. The summed E-state index contributed by atoms with van der Waals surface area (Å²) in [6.07, 6.45) is 2.33. The molecule has 0 spiro atoms. The first-order chi connectivity index (χ1) is 8.15. The fourth-order valence-electron chi connectivity index (χ4n) is 2.76. The predicted molar refractivity (Wildman–Crippen MR) is 72.3 cm³/mol. The zero-order chi connectivity index (χ0) is 12.4. The first kappa shape index (κ1) is 12.7. The Hall–Kier alpha value is -0.730. The number of benzene rings is 1. The van der Waals surface area contributed by atoms with E-state index in [0.29, 0.717) is 5.92 Å². The van der Waals surface area contributed by atoms with Crippen molar-refractivity contribution in [1.29, 1.82) is 0 Å². The zero-order valence-electron chi connectivity index (χ0n) is 10.8. The van der Waals surface area contributed by atoms with Gasteiger partial charge in [-0.15, -0.1) is 0 Å². The summed E-state index contributed by atoms with van der Waals surface area (Å²) in [6, 6.07) is 2.17. The maximum atomic E-state index is 6.35. The zero-order valence-corrected chi connectivity index (χ0v) is 11.5. The number of rotatable bonds is 2. The van der Waals surface area contributed by atoms with Crippen LogP contribution in [0.25, 0.3) is 0 Å². The van der Waals surface area contributed by atoms with Crippen molar-refractivity contribution in [1.82, 2.24) is 5.32 Å². The van der Waals surface area contributed by atoms with Crippen molar-refractivity contribution >= 4 is 11.6 Å². The quantitative estimate of drug-likeness (QED) is 0.872. The highest BCUT2D eigenvalue weighted by Gasteiger charge is 2.23. The van der Waals surface area contributed by atoms with Gasteiger partial charge >= 0.3 is 0 Å². The van der Waals surface area contributed by atoms with Crippen LogP contribution in [0.3, 0.4) is 0 Å². The minimum absolute atomic E-state index is 0.573. The van der Waals surface area contributed by atoms with Crippen LogP contribution >= 0.6 is 11.6 Å². The second-order valence-corrected chi connectivity index (χ2v) is 5.17. The lowest BCUT2D eigenvalue weighted by Crippen LogP contribution is -2.27. The summed E-state index contributed by atoms with van der Waals surface area (Å²) in [5.74, 6) is 1.46. The van der Waals surface area contributed by atoms with Crippen molar-refractivity contribution in [3.8, 4) is 5.75 Å². The molecular formula is C14H20ClNO. The maximum Gasteiger partial charge on any atom is 0.141 e. The van der Waals surface area contributed by atoms with Gasteiger partial charge in [0.05, 0.1) is 12.1 Å². The molecule has 0 radical (unpaired) electrons. The molecule has 3 heteroatoms. The molecule has 0 atom stereocenters. The van der Waals surface area contributed by atoms with Crippen LogP contribution in [0.5, 0.6) is 5.75 Å². The van der Waals surface area contributed by atoms with Gasteiger partial charge in [0.2, 0.25) is 0 Å². The average Bonchev–Trinajstić information content (AvgIpc) is 2.34. The predicted octanol–water partition coefficient (Wildman–Crippen LogP) is 3.43. The summed E-state index contributed by atoms with van der Waals surface area (Å²) in [5.41, 5.74) is 3.71. The van der Waals surface area contributed by atoms with E-state index in [2.05, 4.69) is 18.3 Å². The van der Waals surface area contributed by atoms with Gasteiger partial charge in [-0.3, -0.25) is 0 Å². The second-order valence-electron chi connectivity index (χ2n) is 4.80. The molecule has 0 saturated carbocycles. The van der Waals surface area contributed by atoms with Gasteiger partial charge in [-0.05, 0) is 56.8 Å². The van der Waals surface area contributed by atoms with Crippen LogP contribution in [0.2, 0.25) is 5.02 Å². The van der Waals surface area contributed by atoms with Crippen LogP contribution in [0.15, 0.2) is 6.07 Å². The van der Waals surface area contributed by atoms with E-state index in [4.69, 9.17) is 16.3 Å². The van der Waals surface area contributed by atoms with Gasteiger partial charge in [0.15, 0.2) is 0 Å². The van der Waals surface area contributed by atoms with Crippen LogP contribution in [-0.4, -0.2) is 20.2 Å². The Morgan fingerprint density at radius 1 is 1.24 bits per heavy atom. The van der Waals surface area contributed by atoms with E-state index < -0.39 is 0 Å². The van der Waals surface area contributed by atoms with Crippen LogP contribution in [0, 0.1) is 13.8 Å². The molecule has 1 aliphatic heterocycles. The van der Waals surface area contributed by atoms with Crippen molar-refractivity contribution in [2.45, 2.75) is 32.6 Å². The van der Waals surface area contributed by atoms with Gasteiger partial charge in [0.25, 0.3) is 0 Å². The van der Waals surface area contributed by atoms with Crippen molar-refractivity contribution in [2.24, 2.45) is 0 Å². The Labute approximate surface area is 108 Å². The normalized spacial score (nSPS) is 17.2. The third kappa shape index (κ3) is 2.43. The third-order valence-electron chi connectivity index (χ3n) is 3.60. The van der Waals surface area contributed by atoms with E-state index in [1.54, 1.807) is 7.11 Å². The lowest BCUT2D eigenvalue weighted by atomic mass is 9.86. The molecule has 1 saturated heterocycles. The Morgan fingerprint density at radius 3 is 2.47 bits per heavy atom. The number of hydrogen-bond donors (Lipinski definition) is 1. The summed E-state index contributed by atoms with van der Waals surface area (Å²) in [5, 5.41) is 4.16. The van der Waals surface area contributed by atoms with E-state index in [0.717, 1.165) is 42.3 Å². The minimum atomic E-state index is 0.573. The number of aryl methyl sites for hydroxylation is 2. The van der Waals surface area contributed by atoms with Crippen LogP contribution in [0.4, 0.5) is 0 Å². The lowest BCUT2D eigenvalue weighted by Gasteiger charge is -2.27. The number of piperidine rings is 1. The Balaban J connectivity index is 2.47. The van der Waals surface area contributed by atoms with E-state index in [1.807, 2.05) is 6.92 Å². The number of ether oxygens (including phenoxy) is 1. The Morgan fingerprint density at radius 2 is 1.88 bits per heavy atom. The largest absolute Gasteiger partial charge is 0.495 e. The molecular weight excluding hydrogens is 234 g/mol. The molecule has 0 aliphatic carbocycles. The van der Waals surface area contributed by atoms with Crippen molar-refractivity contribution in [3.05, 3.63) is 27.8 Å². The summed E-state index contributed by atoms with van der Waals surface area (Å²) in [4.78, 5) is 0. The molecule has 0 bridgehead atoms. The van der Waals surface area contributed by atoms with Gasteiger partial charge in [-0.2, -0.15) is 0 Å². The van der Waals surface area contributed by atoms with Gasteiger partial charge in [0.1, 0.15) is 5.75 Å². The smallest absolute Gasteiger partial charge is 0.141 e. The molecule has 1 N–H and O–H groups in total. The maximum absolute atomic E-state index is 6.35. The Kier molecular flexibility index (Phi) is 3.95. The van der Waals surface area contributed by atoms with Crippen molar-refractivity contribution in [3.63, 3.8) is 0 Å². The summed E-state index contributed by atoms with van der Waals surface area (Å²) in [7, 11) is 1.71. The van der Waals surface area contributed by atoms with Crippen LogP contribution < -0.4 is 10.1 Å². The SMILES string of the molecule is COc1c(Cl)c(C)cc(C)c1C1CCNCC1. The van der Waals surface area contributed by atoms with Crippen LogP contribution in [-0.2, 0) is 0 Å². The highest BCUT2D eigenvalue weighted by atomic mass is 35.5. The van der Waals surface area contributed by atoms with E-state index in [-0.39, 0.29) is 0 Å². The summed E-state index contributed by atoms with van der Waals surface area (Å²) >= 11 is 6.35. The standard InChI is InChI=1S/C14H20ClNO/c1-9-8-10(2)13(15)14(17-3)12(9)11-4-6-16-7-5-11/h8,11,16H,4-7H2,1-3H3. The molecule has 94 valence electrons. The summed E-state index contributed by atoms with van der Waals surface area (Å²) in [6.45, 7) is 6.35. The fourth-order valence-corrected chi connectivity index (χ4v) is 2.99. The van der Waals surface area contributed by atoms with Gasteiger partial charge in [-0.25, -0.2) is 0 Å². The first-order valence-electron chi connectivity index (χ1n) is 6.19. The molecule has 1 aromatic carbocycles. The van der Waals surface area contributed by atoms with Crippen molar-refractivity contribution in [2.75, 3.05) is 20.2 Å². The molecule has 2 rings (SSSR count). The number of halogens is 1. The average molecular weight is 254 g/mol.